The molecule has 1 N–H and O–H groups in total. The van der Waals surface area contributed by atoms with Gasteiger partial charge in [-0.2, -0.15) is 15.5 Å². The molecule has 1 fully saturated rings. The van der Waals surface area contributed by atoms with Crippen molar-refractivity contribution in [2.24, 2.45) is 0 Å². The average molecular weight is 365 g/mol. The molecule has 4 rings (SSSR count). The molecular weight excluding hydrogens is 342 g/mol. The van der Waals surface area contributed by atoms with Crippen molar-refractivity contribution < 1.29 is 4.74 Å². The molecule has 0 radical (unpaired) electrons. The lowest BCUT2D eigenvalue weighted by Crippen LogP contribution is -2.44. The Bertz CT molecular complexity index is 984. The van der Waals surface area contributed by atoms with E-state index in [-0.39, 0.29) is 6.04 Å². The summed E-state index contributed by atoms with van der Waals surface area (Å²) in [6, 6.07) is 6.60. The first-order chi connectivity index (χ1) is 13.0. The zero-order valence-corrected chi connectivity index (χ0v) is 15.8. The van der Waals surface area contributed by atoms with Gasteiger partial charge in [0.1, 0.15) is 5.82 Å². The van der Waals surface area contributed by atoms with E-state index in [2.05, 4.69) is 33.2 Å². The molecule has 0 bridgehead atoms. The van der Waals surface area contributed by atoms with E-state index < -0.39 is 5.41 Å². The van der Waals surface area contributed by atoms with Crippen molar-refractivity contribution >= 4 is 16.9 Å². The number of morpholine rings is 1. The minimum atomic E-state index is -0.646. The first-order valence-corrected chi connectivity index (χ1v) is 9.10. The number of H-pyrrole nitrogens is 1. The number of pyridine rings is 1. The van der Waals surface area contributed by atoms with Crippen LogP contribution in [0.2, 0.25) is 0 Å². The fourth-order valence-electron chi connectivity index (χ4n) is 3.48. The lowest BCUT2D eigenvalue weighted by atomic mass is 9.85. The number of anilines is 1. The summed E-state index contributed by atoms with van der Waals surface area (Å²) in [4.78, 5) is 7.17. The van der Waals surface area contributed by atoms with Gasteiger partial charge >= 0.3 is 0 Å². The lowest BCUT2D eigenvalue weighted by Gasteiger charge is -2.35. The first kappa shape index (κ1) is 17.5. The summed E-state index contributed by atoms with van der Waals surface area (Å²) >= 11 is 0. The Kier molecular flexibility index (Phi) is 4.32. The van der Waals surface area contributed by atoms with E-state index in [0.717, 1.165) is 34.7 Å². The van der Waals surface area contributed by atoms with Crippen LogP contribution in [0.25, 0.3) is 11.0 Å². The van der Waals surface area contributed by atoms with E-state index in [0.29, 0.717) is 19.8 Å². The SMILES string of the molecule is C[C@@H]1COCCN1c1cc(C(C)(C)C#N)c2cnn(Cc3ccn[nH]3)c2n1. The summed E-state index contributed by atoms with van der Waals surface area (Å²) < 4.78 is 7.42. The quantitative estimate of drug-likeness (QED) is 0.762. The van der Waals surface area contributed by atoms with Gasteiger partial charge < -0.3 is 9.64 Å². The molecule has 27 heavy (non-hydrogen) atoms. The molecule has 140 valence electrons. The van der Waals surface area contributed by atoms with Gasteiger partial charge in [-0.1, -0.05) is 0 Å². The molecule has 1 saturated heterocycles. The maximum Gasteiger partial charge on any atom is 0.160 e. The number of fused-ring (bicyclic) bond motifs is 1. The number of hydrogen-bond acceptors (Lipinski definition) is 6. The fourth-order valence-corrected chi connectivity index (χ4v) is 3.48. The summed E-state index contributed by atoms with van der Waals surface area (Å²) in [5.74, 6) is 0.864. The van der Waals surface area contributed by atoms with Gasteiger partial charge in [-0.25, -0.2) is 9.67 Å². The van der Waals surface area contributed by atoms with Gasteiger partial charge in [-0.05, 0) is 38.5 Å². The number of nitrogens with one attached hydrogen (secondary N) is 1. The summed E-state index contributed by atoms with van der Waals surface area (Å²) in [7, 11) is 0. The van der Waals surface area contributed by atoms with Crippen molar-refractivity contribution in [3.05, 3.63) is 35.8 Å². The van der Waals surface area contributed by atoms with Crippen LogP contribution in [-0.4, -0.2) is 50.8 Å². The van der Waals surface area contributed by atoms with Crippen molar-refractivity contribution in [3.63, 3.8) is 0 Å². The molecule has 0 amide bonds. The van der Waals surface area contributed by atoms with Crippen molar-refractivity contribution in [3.8, 4) is 6.07 Å². The number of aromatic amines is 1. The highest BCUT2D eigenvalue weighted by molar-refractivity contribution is 5.83. The van der Waals surface area contributed by atoms with Crippen molar-refractivity contribution in [2.75, 3.05) is 24.7 Å². The average Bonchev–Trinajstić information content (AvgIpc) is 3.32. The van der Waals surface area contributed by atoms with Crippen LogP contribution in [0.4, 0.5) is 5.82 Å². The molecule has 0 aliphatic carbocycles. The number of aromatic nitrogens is 5. The van der Waals surface area contributed by atoms with Gasteiger partial charge in [0.25, 0.3) is 0 Å². The first-order valence-electron chi connectivity index (χ1n) is 9.10. The topological polar surface area (TPSA) is 95.6 Å². The molecule has 0 spiro atoms. The summed E-state index contributed by atoms with van der Waals surface area (Å²) in [5.41, 5.74) is 2.03. The molecule has 3 aromatic heterocycles. The van der Waals surface area contributed by atoms with E-state index in [1.54, 1.807) is 12.4 Å². The third kappa shape index (κ3) is 3.15. The van der Waals surface area contributed by atoms with Crippen LogP contribution in [0.1, 0.15) is 32.0 Å². The third-order valence-corrected chi connectivity index (χ3v) is 5.09. The number of nitriles is 1. The highest BCUT2D eigenvalue weighted by Crippen LogP contribution is 2.33. The molecule has 1 atom stereocenters. The van der Waals surface area contributed by atoms with Crippen molar-refractivity contribution in [1.29, 1.82) is 5.26 Å². The summed E-state index contributed by atoms with van der Waals surface area (Å²) in [5, 5.41) is 22.1. The van der Waals surface area contributed by atoms with Crippen LogP contribution in [-0.2, 0) is 16.7 Å². The van der Waals surface area contributed by atoms with Crippen molar-refractivity contribution in [2.45, 2.75) is 38.8 Å². The van der Waals surface area contributed by atoms with Crippen LogP contribution in [0.15, 0.2) is 24.5 Å². The van der Waals surface area contributed by atoms with Crippen LogP contribution < -0.4 is 4.90 Å². The molecule has 8 nitrogen and oxygen atoms in total. The van der Waals surface area contributed by atoms with Gasteiger partial charge in [0.2, 0.25) is 0 Å². The molecule has 4 heterocycles. The normalized spacial score (nSPS) is 18.0. The Morgan fingerprint density at radius 2 is 2.30 bits per heavy atom. The van der Waals surface area contributed by atoms with Gasteiger partial charge in [-0.3, -0.25) is 5.10 Å². The maximum atomic E-state index is 9.73. The number of hydrogen-bond donors (Lipinski definition) is 1. The fraction of sp³-hybridized carbons (Fsp3) is 0.474. The number of rotatable bonds is 4. The second-order valence-corrected chi connectivity index (χ2v) is 7.50. The zero-order valence-electron chi connectivity index (χ0n) is 15.8. The van der Waals surface area contributed by atoms with Crippen LogP contribution in [0.5, 0.6) is 0 Å². The Hall–Kier alpha value is -2.92. The molecule has 8 heteroatoms. The molecule has 3 aromatic rings. The molecule has 0 unspecified atom stereocenters. The van der Waals surface area contributed by atoms with E-state index in [4.69, 9.17) is 9.72 Å². The van der Waals surface area contributed by atoms with Crippen molar-refractivity contribution in [1.82, 2.24) is 25.0 Å². The Morgan fingerprint density at radius 1 is 1.44 bits per heavy atom. The second-order valence-electron chi connectivity index (χ2n) is 7.50. The predicted octanol–water partition coefficient (Wildman–Crippen LogP) is 2.23. The largest absolute Gasteiger partial charge is 0.377 e. The number of ether oxygens (including phenoxy) is 1. The molecular formula is C19H23N7O. The number of nitrogens with zero attached hydrogens (tertiary/aromatic N) is 6. The van der Waals surface area contributed by atoms with Crippen LogP contribution >= 0.6 is 0 Å². The standard InChI is InChI=1S/C19H23N7O/c1-13-11-27-7-6-25(13)17-8-16(19(2,3)12-20)15-9-22-26(18(15)23-17)10-14-4-5-21-24-14/h4-5,8-9,13H,6-7,10-11H2,1-3H3,(H,21,24)/t13-/m1/s1. The van der Waals surface area contributed by atoms with Gasteiger partial charge in [-0.15, -0.1) is 0 Å². The summed E-state index contributed by atoms with van der Waals surface area (Å²) in [6.07, 6.45) is 3.53. The third-order valence-electron chi connectivity index (χ3n) is 5.09. The van der Waals surface area contributed by atoms with Crippen LogP contribution in [0.3, 0.4) is 0 Å². The molecule has 1 aliphatic heterocycles. The minimum Gasteiger partial charge on any atom is -0.377 e. The molecule has 0 aromatic carbocycles. The minimum absolute atomic E-state index is 0.228. The molecule has 0 saturated carbocycles. The highest BCUT2D eigenvalue weighted by Gasteiger charge is 2.28. The van der Waals surface area contributed by atoms with Gasteiger partial charge in [0.05, 0.1) is 49.2 Å². The lowest BCUT2D eigenvalue weighted by molar-refractivity contribution is 0.0985. The smallest absolute Gasteiger partial charge is 0.160 e. The summed E-state index contributed by atoms with van der Waals surface area (Å²) in [6.45, 7) is 8.66. The monoisotopic (exact) mass is 365 g/mol. The van der Waals surface area contributed by atoms with Crippen LogP contribution in [0, 0.1) is 11.3 Å². The maximum absolute atomic E-state index is 9.73. The Balaban J connectivity index is 1.87. The highest BCUT2D eigenvalue weighted by atomic mass is 16.5. The second kappa shape index (κ2) is 6.67. The Morgan fingerprint density at radius 3 is 3.00 bits per heavy atom. The van der Waals surface area contributed by atoms with Gasteiger partial charge in [0.15, 0.2) is 5.65 Å². The zero-order chi connectivity index (χ0) is 19.0. The van der Waals surface area contributed by atoms with Gasteiger partial charge in [0, 0.05) is 18.1 Å². The van der Waals surface area contributed by atoms with E-state index in [1.165, 1.54) is 0 Å². The van der Waals surface area contributed by atoms with E-state index in [9.17, 15) is 5.26 Å². The Labute approximate surface area is 157 Å². The molecule has 1 aliphatic rings. The van der Waals surface area contributed by atoms with E-state index >= 15 is 0 Å². The van der Waals surface area contributed by atoms with E-state index in [1.807, 2.05) is 30.7 Å². The predicted molar refractivity (Wildman–Crippen MR) is 101 cm³/mol.